The Hall–Kier alpha value is -0.570. The first-order chi connectivity index (χ1) is 6.17. The maximum Gasteiger partial charge on any atom is 0.202 e. The van der Waals surface area contributed by atoms with Crippen LogP contribution in [0.2, 0.25) is 0 Å². The fourth-order valence-electron chi connectivity index (χ4n) is 1.22. The summed E-state index contributed by atoms with van der Waals surface area (Å²) in [6, 6.07) is 0.246. The topological polar surface area (TPSA) is 24.8 Å². The molecule has 0 aromatic heterocycles. The second kappa shape index (κ2) is 3.23. The third-order valence-corrected chi connectivity index (χ3v) is 3.35. The molecule has 0 aromatic rings. The summed E-state index contributed by atoms with van der Waals surface area (Å²) in [7, 11) is 4.07. The van der Waals surface area contributed by atoms with Gasteiger partial charge in [-0.25, -0.2) is 4.99 Å². The minimum Gasteiger partial charge on any atom is -0.471 e. The van der Waals surface area contributed by atoms with Gasteiger partial charge in [-0.3, -0.25) is 4.90 Å². The highest BCUT2D eigenvalue weighted by molar-refractivity contribution is 5.84. The maximum absolute atomic E-state index is 5.90. The summed E-state index contributed by atoms with van der Waals surface area (Å²) in [5.41, 5.74) is -0.334. The van der Waals surface area contributed by atoms with Crippen LogP contribution >= 0.6 is 0 Å². The minimum absolute atomic E-state index is 0.132. The van der Waals surface area contributed by atoms with Gasteiger partial charge in [-0.2, -0.15) is 0 Å². The Kier molecular flexibility index (Phi) is 2.65. The molecule has 0 saturated carbocycles. The van der Waals surface area contributed by atoms with Gasteiger partial charge in [0.05, 0.1) is 11.6 Å². The molecule has 0 aromatic carbocycles. The smallest absolute Gasteiger partial charge is 0.202 e. The average molecular weight is 198 g/mol. The second-order valence-corrected chi connectivity index (χ2v) is 5.26. The van der Waals surface area contributed by atoms with Crippen LogP contribution in [0, 0.1) is 0 Å². The highest BCUT2D eigenvalue weighted by Gasteiger charge is 2.46. The largest absolute Gasteiger partial charge is 0.471 e. The maximum atomic E-state index is 5.90. The normalized spacial score (nSPS) is 25.9. The Labute approximate surface area is 87.2 Å². The van der Waals surface area contributed by atoms with Gasteiger partial charge < -0.3 is 4.74 Å². The number of likely N-dealkylation sites (N-methyl/N-ethyl adjacent to an activating group) is 1. The first-order valence-electron chi connectivity index (χ1n) is 5.12. The van der Waals surface area contributed by atoms with Crippen LogP contribution in [-0.2, 0) is 4.74 Å². The van der Waals surface area contributed by atoms with Gasteiger partial charge in [0.25, 0.3) is 0 Å². The van der Waals surface area contributed by atoms with Crippen molar-refractivity contribution in [3.63, 3.8) is 0 Å². The third-order valence-electron chi connectivity index (χ3n) is 3.35. The van der Waals surface area contributed by atoms with E-state index >= 15 is 0 Å². The van der Waals surface area contributed by atoms with Crippen molar-refractivity contribution in [1.82, 2.24) is 4.90 Å². The molecule has 1 aliphatic heterocycles. The first kappa shape index (κ1) is 11.5. The fraction of sp³-hybridized carbons (Fsp3) is 0.909. The van der Waals surface area contributed by atoms with E-state index in [2.05, 4.69) is 44.5 Å². The number of hydrogen-bond acceptors (Lipinski definition) is 3. The monoisotopic (exact) mass is 198 g/mol. The van der Waals surface area contributed by atoms with E-state index in [1.807, 2.05) is 14.1 Å². The van der Waals surface area contributed by atoms with Crippen molar-refractivity contribution in [2.24, 2.45) is 4.99 Å². The van der Waals surface area contributed by atoms with Crippen LogP contribution in [-0.4, -0.2) is 42.1 Å². The van der Waals surface area contributed by atoms with Crippen molar-refractivity contribution in [3.8, 4) is 0 Å². The van der Waals surface area contributed by atoms with Crippen molar-refractivity contribution in [2.45, 2.75) is 51.8 Å². The Morgan fingerprint density at radius 3 is 2.00 bits per heavy atom. The molecule has 0 amide bonds. The van der Waals surface area contributed by atoms with E-state index in [9.17, 15) is 0 Å². The molecule has 3 heteroatoms. The van der Waals surface area contributed by atoms with E-state index in [1.165, 1.54) is 0 Å². The Balaban J connectivity index is 2.88. The van der Waals surface area contributed by atoms with Gasteiger partial charge in [-0.15, -0.1) is 0 Å². The lowest BCUT2D eigenvalue weighted by atomic mass is 9.87. The van der Waals surface area contributed by atoms with Crippen LogP contribution in [0.4, 0.5) is 0 Å². The molecule has 0 spiro atoms. The molecule has 0 saturated heterocycles. The molecule has 0 bridgehead atoms. The molecule has 3 nitrogen and oxygen atoms in total. The van der Waals surface area contributed by atoms with Gasteiger partial charge in [0.2, 0.25) is 5.90 Å². The molecular formula is C11H22N2O. The van der Waals surface area contributed by atoms with Crippen LogP contribution in [0.5, 0.6) is 0 Å². The van der Waals surface area contributed by atoms with Gasteiger partial charge in [-0.05, 0) is 48.7 Å². The molecule has 0 N–H and O–H groups in total. The summed E-state index contributed by atoms with van der Waals surface area (Å²) >= 11 is 0. The zero-order chi connectivity index (χ0) is 11.1. The van der Waals surface area contributed by atoms with Crippen LogP contribution in [0.1, 0.15) is 34.6 Å². The lowest BCUT2D eigenvalue weighted by molar-refractivity contribution is 0.0546. The SMILES string of the molecule is C[C@@H](C1=NC(C)(C)C(C)(C)O1)N(C)C. The first-order valence-corrected chi connectivity index (χ1v) is 5.12. The predicted molar refractivity (Wildman–Crippen MR) is 59.8 cm³/mol. The highest BCUT2D eigenvalue weighted by Crippen LogP contribution is 2.35. The van der Waals surface area contributed by atoms with Crippen molar-refractivity contribution in [1.29, 1.82) is 0 Å². The zero-order valence-electron chi connectivity index (χ0n) is 10.4. The molecule has 0 fully saturated rings. The van der Waals surface area contributed by atoms with Gasteiger partial charge in [0.1, 0.15) is 5.60 Å². The van der Waals surface area contributed by atoms with Crippen LogP contribution < -0.4 is 0 Å². The van der Waals surface area contributed by atoms with Crippen molar-refractivity contribution in [2.75, 3.05) is 14.1 Å². The van der Waals surface area contributed by atoms with Crippen LogP contribution in [0.15, 0.2) is 4.99 Å². The van der Waals surface area contributed by atoms with Crippen LogP contribution in [0.3, 0.4) is 0 Å². The van der Waals surface area contributed by atoms with Crippen molar-refractivity contribution < 1.29 is 4.74 Å². The van der Waals surface area contributed by atoms with Gasteiger partial charge in [0.15, 0.2) is 0 Å². The molecule has 82 valence electrons. The van der Waals surface area contributed by atoms with Crippen molar-refractivity contribution >= 4 is 5.90 Å². The van der Waals surface area contributed by atoms with Crippen molar-refractivity contribution in [3.05, 3.63) is 0 Å². The summed E-state index contributed by atoms with van der Waals surface area (Å²) < 4.78 is 5.90. The molecule has 0 radical (unpaired) electrons. The third kappa shape index (κ3) is 1.78. The molecule has 1 rings (SSSR count). The highest BCUT2D eigenvalue weighted by atomic mass is 16.5. The van der Waals surface area contributed by atoms with Gasteiger partial charge >= 0.3 is 0 Å². The number of hydrogen-bond donors (Lipinski definition) is 0. The van der Waals surface area contributed by atoms with E-state index in [0.29, 0.717) is 0 Å². The standard InChI is InChI=1S/C11H22N2O/c1-8(13(6)7)9-12-10(2,3)11(4,5)14-9/h8H,1-7H3/t8-/m0/s1. The molecular weight excluding hydrogens is 176 g/mol. The summed E-state index contributed by atoms with van der Waals surface area (Å²) in [6.45, 7) is 10.5. The van der Waals surface area contributed by atoms with E-state index < -0.39 is 0 Å². The molecule has 0 aliphatic carbocycles. The Bertz CT molecular complexity index is 254. The van der Waals surface area contributed by atoms with E-state index in [1.54, 1.807) is 0 Å². The lowest BCUT2D eigenvalue weighted by Crippen LogP contribution is -2.42. The van der Waals surface area contributed by atoms with E-state index in [-0.39, 0.29) is 17.2 Å². The molecule has 0 unspecified atom stereocenters. The number of rotatable bonds is 2. The summed E-state index contributed by atoms with van der Waals surface area (Å²) in [5.74, 6) is 0.852. The molecule has 14 heavy (non-hydrogen) atoms. The number of nitrogens with zero attached hydrogens (tertiary/aromatic N) is 2. The molecule has 1 aliphatic rings. The number of ether oxygens (including phenoxy) is 1. The average Bonchev–Trinajstić information content (AvgIpc) is 2.20. The predicted octanol–water partition coefficient (Wildman–Crippen LogP) is 1.92. The van der Waals surface area contributed by atoms with Gasteiger partial charge in [0, 0.05) is 0 Å². The Morgan fingerprint density at radius 1 is 1.21 bits per heavy atom. The minimum atomic E-state index is -0.202. The quantitative estimate of drug-likeness (QED) is 0.677. The number of aliphatic imine (C=N–C) groups is 1. The summed E-state index contributed by atoms with van der Waals surface area (Å²) in [6.07, 6.45) is 0. The van der Waals surface area contributed by atoms with Crippen LogP contribution in [0.25, 0.3) is 0 Å². The second-order valence-electron chi connectivity index (χ2n) is 5.26. The van der Waals surface area contributed by atoms with E-state index in [4.69, 9.17) is 4.74 Å². The summed E-state index contributed by atoms with van der Waals surface area (Å²) in [5, 5.41) is 0. The molecule has 1 atom stereocenters. The lowest BCUT2D eigenvalue weighted by Gasteiger charge is -2.31. The Morgan fingerprint density at radius 2 is 1.71 bits per heavy atom. The zero-order valence-corrected chi connectivity index (χ0v) is 10.4. The molecule has 1 heterocycles. The fourth-order valence-corrected chi connectivity index (χ4v) is 1.22. The van der Waals surface area contributed by atoms with E-state index in [0.717, 1.165) is 5.90 Å². The summed E-state index contributed by atoms with van der Waals surface area (Å²) in [4.78, 5) is 6.75. The van der Waals surface area contributed by atoms with Gasteiger partial charge in [-0.1, -0.05) is 0 Å².